The molecule has 0 radical (unpaired) electrons. The quantitative estimate of drug-likeness (QED) is 0.179. The minimum atomic E-state index is -3.08. The lowest BCUT2D eigenvalue weighted by Crippen LogP contribution is -2.18. The highest BCUT2D eigenvalue weighted by molar-refractivity contribution is 7.78. The van der Waals surface area contributed by atoms with Crippen LogP contribution in [0.2, 0.25) is 0 Å². The molecule has 0 aliphatic heterocycles. The average Bonchev–Trinajstić information content (AvgIpc) is 2.86. The van der Waals surface area contributed by atoms with E-state index in [1.54, 1.807) is 24.3 Å². The van der Waals surface area contributed by atoms with Crippen molar-refractivity contribution < 1.29 is 19.3 Å². The van der Waals surface area contributed by atoms with Crippen LogP contribution in [-0.2, 0) is 10.7 Å². The van der Waals surface area contributed by atoms with Gasteiger partial charge in [0.1, 0.15) is 12.9 Å². The summed E-state index contributed by atoms with van der Waals surface area (Å²) in [5, 5.41) is 21.4. The first kappa shape index (κ1) is 22.5. The predicted octanol–water partition coefficient (Wildman–Crippen LogP) is 5.11. The summed E-state index contributed by atoms with van der Waals surface area (Å²) < 4.78 is 20.0. The van der Waals surface area contributed by atoms with E-state index < -0.39 is 13.1 Å². The Kier molecular flexibility index (Phi) is 6.71. The van der Waals surface area contributed by atoms with Crippen molar-refractivity contribution in [3.05, 3.63) is 126 Å². The molecule has 0 amide bonds. The maximum Gasteiger partial charge on any atom is 0.343 e. The van der Waals surface area contributed by atoms with Gasteiger partial charge < -0.3 is 19.7 Å². The fourth-order valence-electron chi connectivity index (χ4n) is 3.55. The van der Waals surface area contributed by atoms with E-state index in [2.05, 4.69) is 0 Å². The largest absolute Gasteiger partial charge is 0.733 e. The van der Waals surface area contributed by atoms with E-state index in [0.29, 0.717) is 16.2 Å². The van der Waals surface area contributed by atoms with E-state index >= 15 is 0 Å². The molecule has 0 heterocycles. The molecule has 4 aromatic carbocycles. The van der Waals surface area contributed by atoms with Crippen LogP contribution in [0.4, 0.5) is 5.69 Å². The Hall–Kier alpha value is -3.70. The Morgan fingerprint density at radius 3 is 2.00 bits per heavy atom. The second-order valence-electron chi connectivity index (χ2n) is 7.39. The molecule has 4 rings (SSSR count). The van der Waals surface area contributed by atoms with E-state index in [1.165, 1.54) is 24.3 Å². The van der Waals surface area contributed by atoms with Crippen LogP contribution in [0.15, 0.2) is 109 Å². The Bertz CT molecular complexity index is 1250. The monoisotopic (exact) mass is 458 g/mol. The van der Waals surface area contributed by atoms with Crippen molar-refractivity contribution in [2.24, 2.45) is 0 Å². The van der Waals surface area contributed by atoms with Crippen molar-refractivity contribution in [1.82, 2.24) is 0 Å². The molecule has 0 saturated heterocycles. The number of esters is 1. The van der Waals surface area contributed by atoms with E-state index in [1.807, 2.05) is 60.7 Å². The predicted molar refractivity (Wildman–Crippen MR) is 129 cm³/mol. The van der Waals surface area contributed by atoms with E-state index in [9.17, 15) is 14.6 Å². The SMILES string of the molecule is O=C(Oc1ccccc1CP(=O)(c1ccccc1)c1ccccc1)c1cccc(N([O-])O)c1. The fourth-order valence-corrected chi connectivity index (χ4v) is 6.27. The molecule has 0 aliphatic rings. The summed E-state index contributed by atoms with van der Waals surface area (Å²) in [6, 6.07) is 31.0. The second-order valence-corrected chi connectivity index (χ2v) is 10.2. The molecule has 0 aliphatic carbocycles. The number of carbonyl (C=O) groups is 1. The first-order valence-electron chi connectivity index (χ1n) is 10.2. The van der Waals surface area contributed by atoms with Crippen molar-refractivity contribution >= 4 is 29.4 Å². The maximum absolute atomic E-state index is 14.4. The third-order valence-corrected chi connectivity index (χ3v) is 8.27. The van der Waals surface area contributed by atoms with Gasteiger partial charge >= 0.3 is 5.97 Å². The number of carbonyl (C=O) groups excluding carboxylic acids is 1. The third kappa shape index (κ3) is 5.04. The summed E-state index contributed by atoms with van der Waals surface area (Å²) in [5.41, 5.74) is 0.632. The first-order valence-corrected chi connectivity index (χ1v) is 12.1. The Morgan fingerprint density at radius 2 is 1.39 bits per heavy atom. The molecule has 166 valence electrons. The zero-order valence-electron chi connectivity index (χ0n) is 17.6. The van der Waals surface area contributed by atoms with Crippen LogP contribution in [0.1, 0.15) is 15.9 Å². The lowest BCUT2D eigenvalue weighted by atomic mass is 10.2. The van der Waals surface area contributed by atoms with E-state index in [0.717, 1.165) is 0 Å². The smallest absolute Gasteiger partial charge is 0.343 e. The molecular formula is C26H21NO5P-. The number of para-hydroxylation sites is 1. The van der Waals surface area contributed by atoms with Crippen LogP contribution >= 0.6 is 7.14 Å². The summed E-state index contributed by atoms with van der Waals surface area (Å²) >= 11 is 0. The Labute approximate surface area is 191 Å². The van der Waals surface area contributed by atoms with E-state index in [4.69, 9.17) is 9.94 Å². The third-order valence-electron chi connectivity index (χ3n) is 5.22. The van der Waals surface area contributed by atoms with E-state index in [-0.39, 0.29) is 28.4 Å². The van der Waals surface area contributed by atoms with Gasteiger partial charge in [0.05, 0.1) is 11.3 Å². The van der Waals surface area contributed by atoms with Gasteiger partial charge in [-0.25, -0.2) is 4.79 Å². The minimum absolute atomic E-state index is 0.0876. The molecule has 0 fully saturated rings. The summed E-state index contributed by atoms with van der Waals surface area (Å²) in [7, 11) is -3.08. The Balaban J connectivity index is 1.68. The molecule has 6 nitrogen and oxygen atoms in total. The second kappa shape index (κ2) is 9.84. The van der Waals surface area contributed by atoms with Crippen LogP contribution in [0.5, 0.6) is 5.75 Å². The molecule has 1 N–H and O–H groups in total. The highest BCUT2D eigenvalue weighted by Crippen LogP contribution is 2.48. The number of ether oxygens (including phenoxy) is 1. The van der Waals surface area contributed by atoms with Crippen LogP contribution in [-0.4, -0.2) is 11.2 Å². The van der Waals surface area contributed by atoms with Gasteiger partial charge in [-0.05, 0) is 24.3 Å². The molecule has 33 heavy (non-hydrogen) atoms. The molecule has 0 unspecified atom stereocenters. The topological polar surface area (TPSA) is 89.9 Å². The van der Waals surface area contributed by atoms with Gasteiger partial charge in [0.25, 0.3) is 0 Å². The first-order chi connectivity index (χ1) is 16.0. The highest BCUT2D eigenvalue weighted by Gasteiger charge is 2.29. The maximum atomic E-state index is 14.4. The van der Waals surface area contributed by atoms with Gasteiger partial charge in [0.15, 0.2) is 0 Å². The highest BCUT2D eigenvalue weighted by atomic mass is 31.2. The van der Waals surface area contributed by atoms with Crippen molar-refractivity contribution in [2.75, 3.05) is 5.23 Å². The van der Waals surface area contributed by atoms with Gasteiger partial charge in [0, 0.05) is 22.3 Å². The zero-order valence-corrected chi connectivity index (χ0v) is 18.5. The molecule has 0 bridgehead atoms. The van der Waals surface area contributed by atoms with Gasteiger partial charge in [-0.3, -0.25) is 5.21 Å². The molecule has 0 saturated carbocycles. The molecule has 4 aromatic rings. The summed E-state index contributed by atoms with van der Waals surface area (Å²) in [6.07, 6.45) is 0.162. The summed E-state index contributed by atoms with van der Waals surface area (Å²) in [6.45, 7) is 0. The van der Waals surface area contributed by atoms with Crippen molar-refractivity contribution in [2.45, 2.75) is 6.16 Å². The molecule has 0 spiro atoms. The molecule has 0 atom stereocenters. The molecular weight excluding hydrogens is 437 g/mol. The summed E-state index contributed by atoms with van der Waals surface area (Å²) in [5.74, 6) is -0.414. The van der Waals surface area contributed by atoms with Crippen LogP contribution in [0, 0.1) is 5.21 Å². The normalized spacial score (nSPS) is 11.1. The summed E-state index contributed by atoms with van der Waals surface area (Å²) in [4.78, 5) is 12.8. The van der Waals surface area contributed by atoms with Gasteiger partial charge in [-0.15, -0.1) is 0 Å². The molecule has 0 aromatic heterocycles. The van der Waals surface area contributed by atoms with Crippen molar-refractivity contribution in [3.63, 3.8) is 0 Å². The Morgan fingerprint density at radius 1 is 0.818 bits per heavy atom. The molecule has 7 heteroatoms. The fraction of sp³-hybridized carbons (Fsp3) is 0.0385. The van der Waals surface area contributed by atoms with Crippen molar-refractivity contribution in [3.8, 4) is 5.75 Å². The number of benzene rings is 4. The number of hydrogen-bond donors (Lipinski definition) is 1. The van der Waals surface area contributed by atoms with Crippen LogP contribution in [0.3, 0.4) is 0 Å². The van der Waals surface area contributed by atoms with Crippen molar-refractivity contribution in [1.29, 1.82) is 0 Å². The number of anilines is 1. The van der Waals surface area contributed by atoms with Crippen LogP contribution < -0.4 is 20.6 Å². The van der Waals surface area contributed by atoms with Gasteiger partial charge in [-0.2, -0.15) is 0 Å². The zero-order chi connectivity index (χ0) is 23.3. The standard InChI is InChI=1S/C26H21NO5P/c28-26(20-11-9-12-22(18-20)27(29)30)32-25-17-8-7-10-21(25)19-33(31,23-13-3-1-4-14-23)24-15-5-2-6-16-24/h1-18,29H,19H2/q-1. The van der Waals surface area contributed by atoms with Gasteiger partial charge in [-0.1, -0.05) is 84.9 Å². The number of hydrogen-bond acceptors (Lipinski definition) is 6. The lowest BCUT2D eigenvalue weighted by molar-refractivity contribution is 0.0733. The minimum Gasteiger partial charge on any atom is -0.733 e. The number of rotatable bonds is 7. The number of nitrogens with zero attached hydrogens (tertiary/aromatic N) is 1. The van der Waals surface area contributed by atoms with Gasteiger partial charge in [0.2, 0.25) is 0 Å². The van der Waals surface area contributed by atoms with Crippen LogP contribution in [0.25, 0.3) is 0 Å². The average molecular weight is 458 g/mol. The lowest BCUT2D eigenvalue weighted by Gasteiger charge is -2.22.